The second-order valence-corrected chi connectivity index (χ2v) is 6.34. The van der Waals surface area contributed by atoms with Crippen LogP contribution in [0.15, 0.2) is 54.6 Å². The molecule has 1 heterocycles. The molecule has 0 saturated carbocycles. The molecule has 0 bridgehead atoms. The van der Waals surface area contributed by atoms with Gasteiger partial charge < -0.3 is 10.6 Å². The number of benzene rings is 2. The molecule has 2 aromatic carbocycles. The summed E-state index contributed by atoms with van der Waals surface area (Å²) in [6.45, 7) is 7.66. The predicted molar refractivity (Wildman–Crippen MR) is 104 cm³/mol. The zero-order valence-electron chi connectivity index (χ0n) is 15.0. The third kappa shape index (κ3) is 4.80. The molecule has 1 aromatic heterocycles. The Morgan fingerprint density at radius 1 is 0.800 bits per heavy atom. The highest BCUT2D eigenvalue weighted by atomic mass is 15.1. The maximum absolute atomic E-state index is 4.58. The molecule has 25 heavy (non-hydrogen) atoms. The lowest BCUT2D eigenvalue weighted by molar-refractivity contribution is 1.01. The van der Waals surface area contributed by atoms with E-state index in [0.717, 1.165) is 18.1 Å². The lowest BCUT2D eigenvalue weighted by Crippen LogP contribution is -2.08. The molecule has 0 aliphatic carbocycles. The zero-order valence-corrected chi connectivity index (χ0v) is 15.0. The highest BCUT2D eigenvalue weighted by Crippen LogP contribution is 2.14. The van der Waals surface area contributed by atoms with E-state index in [0.29, 0.717) is 12.5 Å². The van der Waals surface area contributed by atoms with Gasteiger partial charge in [-0.3, -0.25) is 0 Å². The van der Waals surface area contributed by atoms with Crippen molar-refractivity contribution in [2.24, 2.45) is 0 Å². The summed E-state index contributed by atoms with van der Waals surface area (Å²) in [4.78, 5) is 9.05. The standard InChI is InChI=1S/C21H24N4/c1-15-8-10-18(11-9-15)13-23-21-24-17(3)12-20(25-21)22-14-19-7-5-4-6-16(19)2/h4-12H,13-14H2,1-3H3,(H2,22,23,24,25). The Morgan fingerprint density at radius 2 is 1.56 bits per heavy atom. The van der Waals surface area contributed by atoms with Gasteiger partial charge in [0.05, 0.1) is 0 Å². The van der Waals surface area contributed by atoms with E-state index < -0.39 is 0 Å². The average molecular weight is 332 g/mol. The van der Waals surface area contributed by atoms with Crippen LogP contribution < -0.4 is 10.6 Å². The molecule has 2 N–H and O–H groups in total. The van der Waals surface area contributed by atoms with E-state index in [1.165, 1.54) is 22.3 Å². The van der Waals surface area contributed by atoms with Gasteiger partial charge in [0.25, 0.3) is 0 Å². The Balaban J connectivity index is 1.65. The van der Waals surface area contributed by atoms with Crippen LogP contribution in [0.5, 0.6) is 0 Å². The Kier molecular flexibility index (Phi) is 5.29. The zero-order chi connectivity index (χ0) is 17.6. The van der Waals surface area contributed by atoms with Gasteiger partial charge in [-0.15, -0.1) is 0 Å². The minimum Gasteiger partial charge on any atom is -0.366 e. The second kappa shape index (κ2) is 7.79. The maximum atomic E-state index is 4.58. The van der Waals surface area contributed by atoms with Gasteiger partial charge in [-0.2, -0.15) is 4.98 Å². The van der Waals surface area contributed by atoms with E-state index in [1.54, 1.807) is 0 Å². The number of hydrogen-bond donors (Lipinski definition) is 2. The number of nitrogens with zero attached hydrogens (tertiary/aromatic N) is 2. The van der Waals surface area contributed by atoms with Crippen LogP contribution in [0.25, 0.3) is 0 Å². The van der Waals surface area contributed by atoms with Crippen LogP contribution in [0, 0.1) is 20.8 Å². The maximum Gasteiger partial charge on any atom is 0.225 e. The summed E-state index contributed by atoms with van der Waals surface area (Å²) in [5.41, 5.74) is 5.96. The first-order chi connectivity index (χ1) is 12.1. The molecule has 0 aliphatic heterocycles. The van der Waals surface area contributed by atoms with E-state index in [4.69, 9.17) is 0 Å². The number of rotatable bonds is 6. The number of anilines is 2. The van der Waals surface area contributed by atoms with E-state index in [2.05, 4.69) is 83.0 Å². The topological polar surface area (TPSA) is 49.8 Å². The van der Waals surface area contributed by atoms with Crippen LogP contribution in [-0.2, 0) is 13.1 Å². The number of nitrogens with one attached hydrogen (secondary N) is 2. The lowest BCUT2D eigenvalue weighted by atomic mass is 10.1. The van der Waals surface area contributed by atoms with Crippen molar-refractivity contribution in [3.8, 4) is 0 Å². The van der Waals surface area contributed by atoms with Crippen molar-refractivity contribution >= 4 is 11.8 Å². The molecule has 4 heteroatoms. The van der Waals surface area contributed by atoms with Crippen molar-refractivity contribution in [3.05, 3.63) is 82.5 Å². The summed E-state index contributed by atoms with van der Waals surface area (Å²) in [5, 5.41) is 6.71. The number of aromatic nitrogens is 2. The van der Waals surface area contributed by atoms with Gasteiger partial charge in [0, 0.05) is 24.8 Å². The fourth-order valence-corrected chi connectivity index (χ4v) is 2.62. The van der Waals surface area contributed by atoms with Crippen molar-refractivity contribution in [1.82, 2.24) is 9.97 Å². The molecule has 3 rings (SSSR count). The highest BCUT2D eigenvalue weighted by molar-refractivity contribution is 5.43. The molecule has 3 aromatic rings. The summed E-state index contributed by atoms with van der Waals surface area (Å²) in [6, 6.07) is 18.8. The van der Waals surface area contributed by atoms with Crippen LogP contribution in [0.4, 0.5) is 11.8 Å². The van der Waals surface area contributed by atoms with Crippen LogP contribution in [0.2, 0.25) is 0 Å². The molecule has 0 saturated heterocycles. The van der Waals surface area contributed by atoms with Crippen LogP contribution in [-0.4, -0.2) is 9.97 Å². The average Bonchev–Trinajstić information content (AvgIpc) is 2.60. The summed E-state index contributed by atoms with van der Waals surface area (Å²) in [7, 11) is 0. The van der Waals surface area contributed by atoms with Crippen molar-refractivity contribution in [1.29, 1.82) is 0 Å². The van der Waals surface area contributed by atoms with Crippen LogP contribution >= 0.6 is 0 Å². The fourth-order valence-electron chi connectivity index (χ4n) is 2.62. The Morgan fingerprint density at radius 3 is 2.32 bits per heavy atom. The van der Waals surface area contributed by atoms with E-state index in [9.17, 15) is 0 Å². The van der Waals surface area contributed by atoms with Gasteiger partial charge >= 0.3 is 0 Å². The van der Waals surface area contributed by atoms with Crippen molar-refractivity contribution < 1.29 is 0 Å². The molecular formula is C21H24N4. The molecule has 4 nitrogen and oxygen atoms in total. The van der Waals surface area contributed by atoms with Gasteiger partial charge in [-0.1, -0.05) is 54.1 Å². The largest absolute Gasteiger partial charge is 0.366 e. The van der Waals surface area contributed by atoms with Gasteiger partial charge in [-0.05, 0) is 37.5 Å². The van der Waals surface area contributed by atoms with Crippen LogP contribution in [0.3, 0.4) is 0 Å². The highest BCUT2D eigenvalue weighted by Gasteiger charge is 2.04. The van der Waals surface area contributed by atoms with Gasteiger partial charge in [0.1, 0.15) is 5.82 Å². The molecule has 0 aliphatic rings. The lowest BCUT2D eigenvalue weighted by Gasteiger charge is -2.11. The summed E-state index contributed by atoms with van der Waals surface area (Å²) >= 11 is 0. The molecule has 0 unspecified atom stereocenters. The summed E-state index contributed by atoms with van der Waals surface area (Å²) < 4.78 is 0. The summed E-state index contributed by atoms with van der Waals surface area (Å²) in [6.07, 6.45) is 0. The Hall–Kier alpha value is -2.88. The van der Waals surface area contributed by atoms with E-state index >= 15 is 0 Å². The minimum atomic E-state index is 0.646. The quantitative estimate of drug-likeness (QED) is 0.691. The fraction of sp³-hybridized carbons (Fsp3) is 0.238. The molecule has 0 fully saturated rings. The first-order valence-corrected chi connectivity index (χ1v) is 8.53. The molecule has 0 atom stereocenters. The first-order valence-electron chi connectivity index (χ1n) is 8.53. The Labute approximate surface area is 149 Å². The minimum absolute atomic E-state index is 0.646. The SMILES string of the molecule is Cc1ccc(CNc2nc(C)cc(NCc3ccccc3C)n2)cc1. The van der Waals surface area contributed by atoms with Gasteiger partial charge in [-0.25, -0.2) is 4.98 Å². The molecule has 0 spiro atoms. The Bertz CT molecular complexity index is 841. The molecular weight excluding hydrogens is 308 g/mol. The number of hydrogen-bond acceptors (Lipinski definition) is 4. The van der Waals surface area contributed by atoms with E-state index in [1.807, 2.05) is 13.0 Å². The molecule has 128 valence electrons. The van der Waals surface area contributed by atoms with Crippen LogP contribution in [0.1, 0.15) is 27.9 Å². The van der Waals surface area contributed by atoms with Crippen molar-refractivity contribution in [2.45, 2.75) is 33.9 Å². The predicted octanol–water partition coefficient (Wildman–Crippen LogP) is 4.63. The second-order valence-electron chi connectivity index (χ2n) is 6.34. The first kappa shape index (κ1) is 17.0. The smallest absolute Gasteiger partial charge is 0.225 e. The normalized spacial score (nSPS) is 10.5. The van der Waals surface area contributed by atoms with E-state index in [-0.39, 0.29) is 0 Å². The monoisotopic (exact) mass is 332 g/mol. The third-order valence-corrected chi connectivity index (χ3v) is 4.15. The molecule has 0 amide bonds. The molecule has 0 radical (unpaired) electrons. The summed E-state index contributed by atoms with van der Waals surface area (Å²) in [5.74, 6) is 1.48. The number of aryl methyl sites for hydroxylation is 3. The van der Waals surface area contributed by atoms with Crippen molar-refractivity contribution in [3.63, 3.8) is 0 Å². The van der Waals surface area contributed by atoms with Gasteiger partial charge in [0.15, 0.2) is 0 Å². The third-order valence-electron chi connectivity index (χ3n) is 4.15. The van der Waals surface area contributed by atoms with Gasteiger partial charge in [0.2, 0.25) is 5.95 Å². The van der Waals surface area contributed by atoms with Crippen molar-refractivity contribution in [2.75, 3.05) is 10.6 Å².